The minimum absolute atomic E-state index is 0.0555. The fourth-order valence-corrected chi connectivity index (χ4v) is 1.82. The smallest absolute Gasteiger partial charge is 0.170 e. The lowest BCUT2D eigenvalue weighted by Crippen LogP contribution is -2.07. The molecule has 0 aromatic heterocycles. The second-order valence-corrected chi connectivity index (χ2v) is 4.22. The van der Waals surface area contributed by atoms with Crippen molar-refractivity contribution in [2.75, 3.05) is 0 Å². The standard InChI is InChI=1S/C14H9ClF2O/c15-12-4-2-1-3-9(12)7-14(18)11-8-10(16)5-6-13(11)17/h1-6,8H,7H2. The molecule has 0 amide bonds. The van der Waals surface area contributed by atoms with Gasteiger partial charge in [0.25, 0.3) is 0 Å². The lowest BCUT2D eigenvalue weighted by atomic mass is 10.0. The van der Waals surface area contributed by atoms with Gasteiger partial charge < -0.3 is 0 Å². The number of carbonyl (C=O) groups excluding carboxylic acids is 1. The molecular formula is C14H9ClF2O. The molecule has 0 atom stereocenters. The molecule has 0 bridgehead atoms. The third-order valence-electron chi connectivity index (χ3n) is 2.54. The van der Waals surface area contributed by atoms with Crippen LogP contribution in [0.25, 0.3) is 0 Å². The molecule has 0 saturated heterocycles. The summed E-state index contributed by atoms with van der Waals surface area (Å²) in [6.07, 6.45) is -0.0555. The maximum atomic E-state index is 13.4. The van der Waals surface area contributed by atoms with Crippen molar-refractivity contribution >= 4 is 17.4 Å². The summed E-state index contributed by atoms with van der Waals surface area (Å²) in [5, 5.41) is 0.433. The third kappa shape index (κ3) is 2.74. The molecule has 0 fully saturated rings. The zero-order valence-corrected chi connectivity index (χ0v) is 10.0. The average molecular weight is 267 g/mol. The second kappa shape index (κ2) is 5.27. The summed E-state index contributed by atoms with van der Waals surface area (Å²) in [6, 6.07) is 9.60. The Balaban J connectivity index is 2.28. The van der Waals surface area contributed by atoms with Crippen LogP contribution in [-0.4, -0.2) is 5.78 Å². The molecular weight excluding hydrogens is 258 g/mol. The average Bonchev–Trinajstić information content (AvgIpc) is 2.35. The maximum absolute atomic E-state index is 13.4. The van der Waals surface area contributed by atoms with Gasteiger partial charge in [-0.2, -0.15) is 0 Å². The van der Waals surface area contributed by atoms with Crippen LogP contribution in [0.15, 0.2) is 42.5 Å². The van der Waals surface area contributed by atoms with Crippen molar-refractivity contribution in [3.05, 3.63) is 70.2 Å². The molecule has 0 spiro atoms. The van der Waals surface area contributed by atoms with Gasteiger partial charge >= 0.3 is 0 Å². The van der Waals surface area contributed by atoms with Crippen molar-refractivity contribution in [1.29, 1.82) is 0 Å². The molecule has 0 aliphatic heterocycles. The number of ketones is 1. The molecule has 4 heteroatoms. The van der Waals surface area contributed by atoms with E-state index < -0.39 is 17.4 Å². The van der Waals surface area contributed by atoms with E-state index in [1.807, 2.05) is 0 Å². The summed E-state index contributed by atoms with van der Waals surface area (Å²) in [7, 11) is 0. The van der Waals surface area contributed by atoms with E-state index in [0.717, 1.165) is 18.2 Å². The lowest BCUT2D eigenvalue weighted by Gasteiger charge is -2.05. The Bertz CT molecular complexity index is 596. The predicted molar refractivity (Wildman–Crippen MR) is 65.8 cm³/mol. The predicted octanol–water partition coefficient (Wildman–Crippen LogP) is 4.04. The van der Waals surface area contributed by atoms with Crippen LogP contribution in [0.1, 0.15) is 15.9 Å². The number of hydrogen-bond acceptors (Lipinski definition) is 1. The minimum Gasteiger partial charge on any atom is -0.294 e. The second-order valence-electron chi connectivity index (χ2n) is 3.82. The van der Waals surface area contributed by atoms with E-state index in [1.165, 1.54) is 0 Å². The normalized spacial score (nSPS) is 10.4. The molecule has 0 radical (unpaired) electrons. The number of Topliss-reactive ketones (excluding diaryl/α,β-unsaturated/α-hetero) is 1. The summed E-state index contributed by atoms with van der Waals surface area (Å²) in [4.78, 5) is 11.9. The number of rotatable bonds is 3. The Morgan fingerprint density at radius 1 is 1.11 bits per heavy atom. The van der Waals surface area contributed by atoms with Crippen molar-refractivity contribution in [3.63, 3.8) is 0 Å². The molecule has 0 N–H and O–H groups in total. The molecule has 2 rings (SSSR count). The molecule has 92 valence electrons. The van der Waals surface area contributed by atoms with Crippen LogP contribution in [0.5, 0.6) is 0 Å². The van der Waals surface area contributed by atoms with Gasteiger partial charge in [-0.1, -0.05) is 29.8 Å². The summed E-state index contributed by atoms with van der Waals surface area (Å²) < 4.78 is 26.4. The highest BCUT2D eigenvalue weighted by molar-refractivity contribution is 6.31. The summed E-state index contributed by atoms with van der Waals surface area (Å²) in [6.45, 7) is 0. The van der Waals surface area contributed by atoms with Gasteiger partial charge in [0, 0.05) is 11.4 Å². The van der Waals surface area contributed by atoms with Gasteiger partial charge in [-0.25, -0.2) is 8.78 Å². The van der Waals surface area contributed by atoms with E-state index >= 15 is 0 Å². The Hall–Kier alpha value is -1.74. The van der Waals surface area contributed by atoms with Crippen molar-refractivity contribution in [3.8, 4) is 0 Å². The van der Waals surface area contributed by atoms with E-state index in [4.69, 9.17) is 11.6 Å². The van der Waals surface area contributed by atoms with Gasteiger partial charge in [0.05, 0.1) is 5.56 Å². The SMILES string of the molecule is O=C(Cc1ccccc1Cl)c1cc(F)ccc1F. The van der Waals surface area contributed by atoms with Crippen molar-refractivity contribution < 1.29 is 13.6 Å². The van der Waals surface area contributed by atoms with Crippen LogP contribution in [0.4, 0.5) is 8.78 Å². The fraction of sp³-hybridized carbons (Fsp3) is 0.0714. The highest BCUT2D eigenvalue weighted by Gasteiger charge is 2.14. The van der Waals surface area contributed by atoms with Gasteiger partial charge in [0.15, 0.2) is 5.78 Å². The van der Waals surface area contributed by atoms with Crippen LogP contribution in [-0.2, 0) is 6.42 Å². The van der Waals surface area contributed by atoms with Gasteiger partial charge in [-0.05, 0) is 29.8 Å². The Labute approximate surface area is 108 Å². The van der Waals surface area contributed by atoms with Gasteiger partial charge in [-0.15, -0.1) is 0 Å². The van der Waals surface area contributed by atoms with Crippen molar-refractivity contribution in [2.45, 2.75) is 6.42 Å². The quantitative estimate of drug-likeness (QED) is 0.766. The third-order valence-corrected chi connectivity index (χ3v) is 2.91. The van der Waals surface area contributed by atoms with E-state index in [1.54, 1.807) is 24.3 Å². The molecule has 0 saturated carbocycles. The largest absolute Gasteiger partial charge is 0.294 e. The van der Waals surface area contributed by atoms with Crippen molar-refractivity contribution in [2.24, 2.45) is 0 Å². The first-order chi connectivity index (χ1) is 8.58. The molecule has 0 heterocycles. The zero-order chi connectivity index (χ0) is 13.1. The summed E-state index contributed by atoms with van der Waals surface area (Å²) in [5.74, 6) is -1.87. The van der Waals surface area contributed by atoms with E-state index in [9.17, 15) is 13.6 Å². The number of hydrogen-bond donors (Lipinski definition) is 0. The first-order valence-electron chi connectivity index (χ1n) is 5.29. The number of carbonyl (C=O) groups is 1. The Morgan fingerprint density at radius 3 is 2.56 bits per heavy atom. The van der Waals surface area contributed by atoms with Gasteiger partial charge in [0.1, 0.15) is 11.6 Å². The van der Waals surface area contributed by atoms with Gasteiger partial charge in [0.2, 0.25) is 0 Å². The van der Waals surface area contributed by atoms with Crippen LogP contribution in [0.3, 0.4) is 0 Å². The zero-order valence-electron chi connectivity index (χ0n) is 9.29. The minimum atomic E-state index is -0.728. The van der Waals surface area contributed by atoms with Crippen LogP contribution >= 0.6 is 11.6 Å². The molecule has 2 aromatic carbocycles. The van der Waals surface area contributed by atoms with Crippen molar-refractivity contribution in [1.82, 2.24) is 0 Å². The molecule has 0 aliphatic carbocycles. The number of halogens is 3. The van der Waals surface area contributed by atoms with Crippen LogP contribution < -0.4 is 0 Å². The highest BCUT2D eigenvalue weighted by atomic mass is 35.5. The molecule has 1 nitrogen and oxygen atoms in total. The first kappa shape index (κ1) is 12.7. The highest BCUT2D eigenvalue weighted by Crippen LogP contribution is 2.19. The van der Waals surface area contributed by atoms with Crippen LogP contribution in [0.2, 0.25) is 5.02 Å². The molecule has 2 aromatic rings. The van der Waals surface area contributed by atoms with Gasteiger partial charge in [-0.3, -0.25) is 4.79 Å². The Kier molecular flexibility index (Phi) is 3.72. The van der Waals surface area contributed by atoms with E-state index in [0.29, 0.717) is 10.6 Å². The Morgan fingerprint density at radius 2 is 1.83 bits per heavy atom. The summed E-state index contributed by atoms with van der Waals surface area (Å²) >= 11 is 5.91. The van der Waals surface area contributed by atoms with E-state index in [2.05, 4.69) is 0 Å². The van der Waals surface area contributed by atoms with Crippen LogP contribution in [0, 0.1) is 11.6 Å². The maximum Gasteiger partial charge on any atom is 0.170 e. The molecule has 0 unspecified atom stereocenters. The lowest BCUT2D eigenvalue weighted by molar-refractivity contribution is 0.0988. The molecule has 18 heavy (non-hydrogen) atoms. The fourth-order valence-electron chi connectivity index (χ4n) is 1.62. The topological polar surface area (TPSA) is 17.1 Å². The number of benzene rings is 2. The summed E-state index contributed by atoms with van der Waals surface area (Å²) in [5.41, 5.74) is 0.336. The monoisotopic (exact) mass is 266 g/mol. The first-order valence-corrected chi connectivity index (χ1v) is 5.67. The molecule has 0 aliphatic rings. The van der Waals surface area contributed by atoms with E-state index in [-0.39, 0.29) is 12.0 Å².